The summed E-state index contributed by atoms with van der Waals surface area (Å²) in [6.45, 7) is 1.00. The Morgan fingerprint density at radius 3 is 2.53 bits per heavy atom. The molecule has 1 aromatic carbocycles. The van der Waals surface area contributed by atoms with Gasteiger partial charge in [0.2, 0.25) is 0 Å². The SMILES string of the molecule is O=C(c1ccc2c(c1)OCCO2)c1cc(Cl)sc1Cl. The summed E-state index contributed by atoms with van der Waals surface area (Å²) >= 11 is 13.0. The average Bonchev–Trinajstić information content (AvgIpc) is 2.76. The van der Waals surface area contributed by atoms with Crippen molar-refractivity contribution in [1.29, 1.82) is 0 Å². The Labute approximate surface area is 123 Å². The van der Waals surface area contributed by atoms with Crippen molar-refractivity contribution >= 4 is 40.3 Å². The first-order valence-corrected chi connectivity index (χ1v) is 7.11. The second-order valence-corrected chi connectivity index (χ2v) is 6.21. The Bertz CT molecular complexity index is 651. The molecule has 3 rings (SSSR count). The number of carbonyl (C=O) groups excluding carboxylic acids is 1. The lowest BCUT2D eigenvalue weighted by atomic mass is 10.1. The highest BCUT2D eigenvalue weighted by molar-refractivity contribution is 7.20. The summed E-state index contributed by atoms with van der Waals surface area (Å²) in [5, 5.41) is 0. The predicted molar refractivity (Wildman–Crippen MR) is 75.2 cm³/mol. The summed E-state index contributed by atoms with van der Waals surface area (Å²) in [5.74, 6) is 1.05. The maximum absolute atomic E-state index is 12.3. The first-order chi connectivity index (χ1) is 9.15. The number of hydrogen-bond acceptors (Lipinski definition) is 4. The van der Waals surface area contributed by atoms with Crippen molar-refractivity contribution in [2.45, 2.75) is 0 Å². The molecule has 0 spiro atoms. The van der Waals surface area contributed by atoms with Crippen LogP contribution in [0.25, 0.3) is 0 Å². The van der Waals surface area contributed by atoms with Crippen molar-refractivity contribution in [2.75, 3.05) is 13.2 Å². The first-order valence-electron chi connectivity index (χ1n) is 5.54. The number of rotatable bonds is 2. The van der Waals surface area contributed by atoms with Gasteiger partial charge < -0.3 is 9.47 Å². The van der Waals surface area contributed by atoms with Gasteiger partial charge in [0.25, 0.3) is 0 Å². The number of ketones is 1. The Hall–Kier alpha value is -1.23. The van der Waals surface area contributed by atoms with Crippen LogP contribution in [0.4, 0.5) is 0 Å². The van der Waals surface area contributed by atoms with E-state index >= 15 is 0 Å². The molecule has 2 aromatic rings. The van der Waals surface area contributed by atoms with E-state index in [2.05, 4.69) is 0 Å². The van der Waals surface area contributed by atoms with E-state index in [1.54, 1.807) is 24.3 Å². The normalized spacial score (nSPS) is 13.4. The molecule has 0 radical (unpaired) electrons. The summed E-state index contributed by atoms with van der Waals surface area (Å²) in [6, 6.07) is 6.66. The lowest BCUT2D eigenvalue weighted by Gasteiger charge is -2.18. The standard InChI is InChI=1S/C13H8Cl2O3S/c14-11-6-8(13(15)19-11)12(16)7-1-2-9-10(5-7)18-4-3-17-9/h1-2,5-6H,3-4H2. The molecule has 1 aliphatic heterocycles. The predicted octanol–water partition coefficient (Wildman–Crippen LogP) is 4.06. The summed E-state index contributed by atoms with van der Waals surface area (Å²) in [7, 11) is 0. The van der Waals surface area contributed by atoms with E-state index in [-0.39, 0.29) is 5.78 Å². The fourth-order valence-corrected chi connectivity index (χ4v) is 3.29. The molecule has 6 heteroatoms. The molecule has 1 aromatic heterocycles. The maximum Gasteiger partial charge on any atom is 0.195 e. The molecule has 98 valence electrons. The number of fused-ring (bicyclic) bond motifs is 1. The quantitative estimate of drug-likeness (QED) is 0.784. The highest BCUT2D eigenvalue weighted by Gasteiger charge is 2.19. The lowest BCUT2D eigenvalue weighted by Crippen LogP contribution is -2.15. The molecule has 1 aliphatic rings. The minimum absolute atomic E-state index is 0.176. The van der Waals surface area contributed by atoms with Crippen LogP contribution < -0.4 is 9.47 Å². The summed E-state index contributed by atoms with van der Waals surface area (Å²) in [6.07, 6.45) is 0. The molecule has 2 heterocycles. The van der Waals surface area contributed by atoms with Crippen molar-refractivity contribution in [3.63, 3.8) is 0 Å². The van der Waals surface area contributed by atoms with Gasteiger partial charge in [0, 0.05) is 5.56 Å². The Morgan fingerprint density at radius 2 is 1.84 bits per heavy atom. The minimum Gasteiger partial charge on any atom is -0.486 e. The highest BCUT2D eigenvalue weighted by Crippen LogP contribution is 2.35. The van der Waals surface area contributed by atoms with Gasteiger partial charge in [-0.05, 0) is 24.3 Å². The van der Waals surface area contributed by atoms with Gasteiger partial charge in [-0.2, -0.15) is 0 Å². The van der Waals surface area contributed by atoms with E-state index in [0.29, 0.717) is 44.5 Å². The molecular weight excluding hydrogens is 307 g/mol. The van der Waals surface area contributed by atoms with Crippen molar-refractivity contribution in [2.24, 2.45) is 0 Å². The van der Waals surface area contributed by atoms with E-state index in [4.69, 9.17) is 32.7 Å². The molecular formula is C13H8Cl2O3S. The van der Waals surface area contributed by atoms with Gasteiger partial charge in [-0.3, -0.25) is 4.79 Å². The second-order valence-electron chi connectivity index (χ2n) is 3.93. The zero-order chi connectivity index (χ0) is 13.4. The van der Waals surface area contributed by atoms with E-state index < -0.39 is 0 Å². The molecule has 0 saturated carbocycles. The van der Waals surface area contributed by atoms with Crippen molar-refractivity contribution in [3.8, 4) is 11.5 Å². The third kappa shape index (κ3) is 2.43. The van der Waals surface area contributed by atoms with Gasteiger partial charge in [-0.25, -0.2) is 0 Å². The molecule has 0 N–H and O–H groups in total. The van der Waals surface area contributed by atoms with Crippen LogP contribution in [0.2, 0.25) is 8.67 Å². The molecule has 0 atom stereocenters. The molecule has 0 amide bonds. The molecule has 19 heavy (non-hydrogen) atoms. The van der Waals surface area contributed by atoms with Crippen LogP contribution in [0.3, 0.4) is 0 Å². The molecule has 0 saturated heterocycles. The second kappa shape index (κ2) is 5.04. The van der Waals surface area contributed by atoms with Gasteiger partial charge in [0.1, 0.15) is 17.6 Å². The van der Waals surface area contributed by atoms with Gasteiger partial charge in [0.15, 0.2) is 17.3 Å². The molecule has 0 fully saturated rings. The number of halogens is 2. The highest BCUT2D eigenvalue weighted by atomic mass is 35.5. The summed E-state index contributed by atoms with van der Waals surface area (Å²) in [5.41, 5.74) is 0.911. The largest absolute Gasteiger partial charge is 0.486 e. The smallest absolute Gasteiger partial charge is 0.195 e. The van der Waals surface area contributed by atoms with Gasteiger partial charge in [-0.1, -0.05) is 23.2 Å². The fraction of sp³-hybridized carbons (Fsp3) is 0.154. The van der Waals surface area contributed by atoms with E-state index in [9.17, 15) is 4.79 Å². The number of hydrogen-bond donors (Lipinski definition) is 0. The van der Waals surface area contributed by atoms with Gasteiger partial charge >= 0.3 is 0 Å². The third-order valence-electron chi connectivity index (χ3n) is 2.71. The lowest BCUT2D eigenvalue weighted by molar-refractivity contribution is 0.103. The Morgan fingerprint density at radius 1 is 1.11 bits per heavy atom. The average molecular weight is 315 g/mol. The summed E-state index contributed by atoms with van der Waals surface area (Å²) < 4.78 is 11.7. The van der Waals surface area contributed by atoms with Crippen LogP contribution in [0, 0.1) is 0 Å². The first kappa shape index (κ1) is 12.8. The van der Waals surface area contributed by atoms with Crippen LogP contribution in [0.1, 0.15) is 15.9 Å². The molecule has 0 unspecified atom stereocenters. The number of carbonyl (C=O) groups is 1. The van der Waals surface area contributed by atoms with Crippen molar-refractivity contribution < 1.29 is 14.3 Å². The molecule has 3 nitrogen and oxygen atoms in total. The van der Waals surface area contributed by atoms with E-state index in [0.717, 1.165) is 0 Å². The van der Waals surface area contributed by atoms with Crippen LogP contribution in [0.15, 0.2) is 24.3 Å². The number of thiophene rings is 1. The summed E-state index contributed by atoms with van der Waals surface area (Å²) in [4.78, 5) is 12.3. The topological polar surface area (TPSA) is 35.5 Å². The fourth-order valence-electron chi connectivity index (χ4n) is 1.84. The van der Waals surface area contributed by atoms with Crippen molar-refractivity contribution in [3.05, 3.63) is 44.1 Å². The zero-order valence-electron chi connectivity index (χ0n) is 9.61. The molecule has 0 aliphatic carbocycles. The van der Waals surface area contributed by atoms with Crippen LogP contribution in [-0.4, -0.2) is 19.0 Å². The van der Waals surface area contributed by atoms with E-state index in [1.165, 1.54) is 11.3 Å². The van der Waals surface area contributed by atoms with Crippen LogP contribution in [0.5, 0.6) is 11.5 Å². The molecule has 0 bridgehead atoms. The monoisotopic (exact) mass is 314 g/mol. The Balaban J connectivity index is 1.98. The zero-order valence-corrected chi connectivity index (χ0v) is 11.9. The van der Waals surface area contributed by atoms with Crippen LogP contribution >= 0.6 is 34.5 Å². The van der Waals surface area contributed by atoms with Gasteiger partial charge in [-0.15, -0.1) is 11.3 Å². The van der Waals surface area contributed by atoms with Crippen molar-refractivity contribution in [1.82, 2.24) is 0 Å². The van der Waals surface area contributed by atoms with Gasteiger partial charge in [0.05, 0.1) is 9.90 Å². The number of ether oxygens (including phenoxy) is 2. The van der Waals surface area contributed by atoms with E-state index in [1.807, 2.05) is 0 Å². The van der Waals surface area contributed by atoms with Crippen LogP contribution in [-0.2, 0) is 0 Å². The Kier molecular flexibility index (Phi) is 3.39. The minimum atomic E-state index is -0.176. The third-order valence-corrected chi connectivity index (χ3v) is 4.19. The maximum atomic E-state index is 12.3. The number of benzene rings is 1.